The van der Waals surface area contributed by atoms with Crippen LogP contribution in [0.1, 0.15) is 43.6 Å². The largest absolute Gasteiger partial charge is 0.356 e. The fourth-order valence-electron chi connectivity index (χ4n) is 4.57. The fourth-order valence-corrected chi connectivity index (χ4v) is 4.57. The molecule has 148 valence electrons. The van der Waals surface area contributed by atoms with E-state index in [1.165, 1.54) is 62.6 Å². The van der Waals surface area contributed by atoms with Crippen LogP contribution in [-0.2, 0) is 6.42 Å². The van der Waals surface area contributed by atoms with E-state index in [0.29, 0.717) is 0 Å². The zero-order valence-electron chi connectivity index (χ0n) is 17.4. The SMILES string of the molecule is CCc1cc(N2CCC(N3CCN(CC)CC3)CC2)n2nc(C)c(C)c2n1. The third-order valence-corrected chi connectivity index (χ3v) is 6.61. The third kappa shape index (κ3) is 3.57. The summed E-state index contributed by atoms with van der Waals surface area (Å²) in [7, 11) is 0. The van der Waals surface area contributed by atoms with Crippen LogP contribution in [0.25, 0.3) is 5.65 Å². The molecular formula is C21H34N6. The summed E-state index contributed by atoms with van der Waals surface area (Å²) in [6, 6.07) is 2.99. The van der Waals surface area contributed by atoms with Crippen molar-refractivity contribution in [3.05, 3.63) is 23.0 Å². The smallest absolute Gasteiger partial charge is 0.160 e. The lowest BCUT2D eigenvalue weighted by Crippen LogP contribution is -2.53. The van der Waals surface area contributed by atoms with Crippen LogP contribution < -0.4 is 4.90 Å². The Bertz CT molecular complexity index is 782. The van der Waals surface area contributed by atoms with Gasteiger partial charge in [-0.15, -0.1) is 0 Å². The number of anilines is 1. The van der Waals surface area contributed by atoms with Crippen molar-refractivity contribution in [3.8, 4) is 0 Å². The Morgan fingerprint density at radius 3 is 2.33 bits per heavy atom. The van der Waals surface area contributed by atoms with Gasteiger partial charge in [0.05, 0.1) is 5.69 Å². The molecule has 0 aliphatic carbocycles. The first-order valence-corrected chi connectivity index (χ1v) is 10.7. The van der Waals surface area contributed by atoms with Gasteiger partial charge in [0, 0.05) is 62.6 Å². The topological polar surface area (TPSA) is 39.9 Å². The van der Waals surface area contributed by atoms with E-state index < -0.39 is 0 Å². The minimum atomic E-state index is 0.740. The van der Waals surface area contributed by atoms with Gasteiger partial charge in [-0.05, 0) is 39.7 Å². The summed E-state index contributed by atoms with van der Waals surface area (Å²) in [5, 5.41) is 4.79. The Morgan fingerprint density at radius 2 is 1.70 bits per heavy atom. The number of aromatic nitrogens is 3. The first kappa shape index (κ1) is 18.7. The molecule has 6 nitrogen and oxygen atoms in total. The lowest BCUT2D eigenvalue weighted by molar-refractivity contribution is 0.0877. The summed E-state index contributed by atoms with van der Waals surface area (Å²) in [5.41, 5.74) is 4.48. The van der Waals surface area contributed by atoms with E-state index in [9.17, 15) is 0 Å². The predicted molar refractivity (Wildman–Crippen MR) is 111 cm³/mol. The van der Waals surface area contributed by atoms with E-state index in [1.54, 1.807) is 0 Å². The van der Waals surface area contributed by atoms with Crippen molar-refractivity contribution in [2.45, 2.75) is 53.0 Å². The van der Waals surface area contributed by atoms with Crippen LogP contribution in [0.2, 0.25) is 0 Å². The van der Waals surface area contributed by atoms with E-state index in [4.69, 9.17) is 10.1 Å². The van der Waals surface area contributed by atoms with Gasteiger partial charge >= 0.3 is 0 Å². The molecule has 4 heterocycles. The molecule has 0 amide bonds. The quantitative estimate of drug-likeness (QED) is 0.827. The van der Waals surface area contributed by atoms with E-state index >= 15 is 0 Å². The maximum Gasteiger partial charge on any atom is 0.160 e. The number of fused-ring (bicyclic) bond motifs is 1. The first-order valence-electron chi connectivity index (χ1n) is 10.7. The van der Waals surface area contributed by atoms with Crippen molar-refractivity contribution in [1.82, 2.24) is 24.4 Å². The Hall–Kier alpha value is -1.66. The van der Waals surface area contributed by atoms with Gasteiger partial charge in [0.25, 0.3) is 0 Å². The number of piperidine rings is 1. The molecule has 2 aliphatic heterocycles. The summed E-state index contributed by atoms with van der Waals surface area (Å²) in [4.78, 5) is 12.7. The highest BCUT2D eigenvalue weighted by atomic mass is 15.4. The molecule has 0 aromatic carbocycles. The maximum absolute atomic E-state index is 4.83. The van der Waals surface area contributed by atoms with Crippen LogP contribution in [0.4, 0.5) is 5.82 Å². The molecule has 0 radical (unpaired) electrons. The van der Waals surface area contributed by atoms with Gasteiger partial charge in [-0.2, -0.15) is 9.61 Å². The van der Waals surface area contributed by atoms with Gasteiger partial charge in [-0.25, -0.2) is 4.98 Å². The van der Waals surface area contributed by atoms with Gasteiger partial charge in [-0.1, -0.05) is 13.8 Å². The van der Waals surface area contributed by atoms with Gasteiger partial charge in [0.2, 0.25) is 0 Å². The summed E-state index contributed by atoms with van der Waals surface area (Å²) < 4.78 is 2.07. The molecular weight excluding hydrogens is 336 g/mol. The highest BCUT2D eigenvalue weighted by molar-refractivity contribution is 5.57. The zero-order chi connectivity index (χ0) is 19.0. The second-order valence-corrected chi connectivity index (χ2v) is 8.09. The van der Waals surface area contributed by atoms with E-state index in [2.05, 4.69) is 53.0 Å². The van der Waals surface area contributed by atoms with Crippen molar-refractivity contribution in [2.75, 3.05) is 50.7 Å². The summed E-state index contributed by atoms with van der Waals surface area (Å²) >= 11 is 0. The molecule has 0 N–H and O–H groups in total. The van der Waals surface area contributed by atoms with Crippen molar-refractivity contribution in [3.63, 3.8) is 0 Å². The van der Waals surface area contributed by atoms with E-state index in [0.717, 1.165) is 36.9 Å². The number of piperazine rings is 1. The lowest BCUT2D eigenvalue weighted by Gasteiger charge is -2.43. The van der Waals surface area contributed by atoms with Crippen molar-refractivity contribution < 1.29 is 0 Å². The van der Waals surface area contributed by atoms with Crippen molar-refractivity contribution in [1.29, 1.82) is 0 Å². The normalized spacial score (nSPS) is 20.7. The first-order chi connectivity index (χ1) is 13.1. The maximum atomic E-state index is 4.83. The van der Waals surface area contributed by atoms with Crippen molar-refractivity contribution >= 4 is 11.5 Å². The van der Waals surface area contributed by atoms with Crippen LogP contribution in [0.3, 0.4) is 0 Å². The van der Waals surface area contributed by atoms with Gasteiger partial charge in [-0.3, -0.25) is 4.90 Å². The number of nitrogens with zero attached hydrogens (tertiary/aromatic N) is 6. The second kappa shape index (κ2) is 7.76. The standard InChI is InChI=1S/C21H34N6/c1-5-18-15-20(27-21(22-18)16(3)17(4)23-27)26-9-7-19(8-10-26)25-13-11-24(6-2)12-14-25/h15,19H,5-14H2,1-4H3. The second-order valence-electron chi connectivity index (χ2n) is 8.09. The molecule has 0 bridgehead atoms. The molecule has 2 aromatic rings. The zero-order valence-corrected chi connectivity index (χ0v) is 17.4. The van der Waals surface area contributed by atoms with Crippen LogP contribution in [0.5, 0.6) is 0 Å². The summed E-state index contributed by atoms with van der Waals surface area (Å²) in [6.45, 7) is 17.0. The molecule has 4 rings (SSSR count). The number of likely N-dealkylation sites (N-methyl/N-ethyl adjacent to an activating group) is 1. The van der Waals surface area contributed by atoms with Crippen LogP contribution in [-0.4, -0.2) is 76.3 Å². The Morgan fingerprint density at radius 1 is 1.00 bits per heavy atom. The average molecular weight is 371 g/mol. The summed E-state index contributed by atoms with van der Waals surface area (Å²) in [5.74, 6) is 1.22. The molecule has 2 aliphatic rings. The fraction of sp³-hybridized carbons (Fsp3) is 0.714. The number of aryl methyl sites for hydroxylation is 3. The minimum Gasteiger partial charge on any atom is -0.356 e. The van der Waals surface area contributed by atoms with Gasteiger partial charge < -0.3 is 9.80 Å². The molecule has 0 atom stereocenters. The Balaban J connectivity index is 1.49. The van der Waals surface area contributed by atoms with Gasteiger partial charge in [0.1, 0.15) is 5.82 Å². The number of hydrogen-bond donors (Lipinski definition) is 0. The molecule has 2 fully saturated rings. The molecule has 0 unspecified atom stereocenters. The summed E-state index contributed by atoms with van der Waals surface area (Å²) in [6.07, 6.45) is 3.46. The van der Waals surface area contributed by atoms with Crippen LogP contribution in [0.15, 0.2) is 6.07 Å². The van der Waals surface area contributed by atoms with E-state index in [-0.39, 0.29) is 0 Å². The molecule has 27 heavy (non-hydrogen) atoms. The third-order valence-electron chi connectivity index (χ3n) is 6.61. The Kier molecular flexibility index (Phi) is 5.37. The Labute approximate surface area is 163 Å². The molecule has 2 aromatic heterocycles. The molecule has 0 spiro atoms. The van der Waals surface area contributed by atoms with Gasteiger partial charge in [0.15, 0.2) is 5.65 Å². The minimum absolute atomic E-state index is 0.740. The number of rotatable bonds is 4. The molecule has 6 heteroatoms. The van der Waals surface area contributed by atoms with E-state index in [1.807, 2.05) is 0 Å². The number of hydrogen-bond acceptors (Lipinski definition) is 5. The lowest BCUT2D eigenvalue weighted by atomic mass is 10.0. The highest BCUT2D eigenvalue weighted by Gasteiger charge is 2.28. The monoisotopic (exact) mass is 370 g/mol. The molecule has 2 saturated heterocycles. The average Bonchev–Trinajstić information content (AvgIpc) is 3.01. The van der Waals surface area contributed by atoms with Crippen LogP contribution >= 0.6 is 0 Å². The highest BCUT2D eigenvalue weighted by Crippen LogP contribution is 2.26. The predicted octanol–water partition coefficient (Wildman–Crippen LogP) is 2.51. The van der Waals surface area contributed by atoms with Crippen molar-refractivity contribution in [2.24, 2.45) is 0 Å². The van der Waals surface area contributed by atoms with Crippen LogP contribution in [0, 0.1) is 13.8 Å². The molecule has 0 saturated carbocycles.